The quantitative estimate of drug-likeness (QED) is 0.696. The lowest BCUT2D eigenvalue weighted by Gasteiger charge is -2.02. The lowest BCUT2D eigenvalue weighted by atomic mass is 10.2. The van der Waals surface area contributed by atoms with Crippen molar-refractivity contribution < 1.29 is 4.74 Å². The van der Waals surface area contributed by atoms with E-state index in [2.05, 4.69) is 4.98 Å². The van der Waals surface area contributed by atoms with E-state index in [1.807, 2.05) is 18.2 Å². The molecule has 13 heavy (non-hydrogen) atoms. The van der Waals surface area contributed by atoms with Crippen LogP contribution in [-0.4, -0.2) is 18.6 Å². The second-order valence-electron chi connectivity index (χ2n) is 2.92. The van der Waals surface area contributed by atoms with E-state index in [9.17, 15) is 0 Å². The van der Waals surface area contributed by atoms with E-state index in [1.165, 1.54) is 0 Å². The highest BCUT2D eigenvalue weighted by molar-refractivity contribution is 5.15. The van der Waals surface area contributed by atoms with Gasteiger partial charge in [-0.05, 0) is 31.9 Å². The summed E-state index contributed by atoms with van der Waals surface area (Å²) < 4.78 is 5.03. The molecule has 1 rings (SSSR count). The van der Waals surface area contributed by atoms with Gasteiger partial charge in [-0.2, -0.15) is 0 Å². The molecule has 0 aliphatic carbocycles. The Labute approximate surface area is 78.9 Å². The van der Waals surface area contributed by atoms with Crippen LogP contribution >= 0.6 is 0 Å². The summed E-state index contributed by atoms with van der Waals surface area (Å²) in [6.45, 7) is 0.754. The molecule has 2 N–H and O–H groups in total. The van der Waals surface area contributed by atoms with Crippen LogP contribution in [-0.2, 0) is 6.42 Å². The van der Waals surface area contributed by atoms with E-state index < -0.39 is 0 Å². The lowest BCUT2D eigenvalue weighted by Crippen LogP contribution is -2.00. The zero-order chi connectivity index (χ0) is 9.52. The molecule has 0 amide bonds. The summed E-state index contributed by atoms with van der Waals surface area (Å²) in [7, 11) is 1.63. The number of hydrogen-bond donors (Lipinski definition) is 1. The van der Waals surface area contributed by atoms with Gasteiger partial charge in [-0.1, -0.05) is 6.07 Å². The Morgan fingerprint density at radius 1 is 1.38 bits per heavy atom. The van der Waals surface area contributed by atoms with E-state index in [4.69, 9.17) is 10.5 Å². The summed E-state index contributed by atoms with van der Waals surface area (Å²) in [4.78, 5) is 4.30. The number of nitrogens with zero attached hydrogens (tertiary/aromatic N) is 1. The van der Waals surface area contributed by atoms with Crippen molar-refractivity contribution in [2.45, 2.75) is 19.3 Å². The summed E-state index contributed by atoms with van der Waals surface area (Å²) in [5.74, 6) is 0.685. The number of unbranched alkanes of at least 4 members (excludes halogenated alkanes) is 1. The van der Waals surface area contributed by atoms with Crippen LogP contribution in [0.4, 0.5) is 0 Å². The molecule has 0 saturated heterocycles. The number of hydrogen-bond acceptors (Lipinski definition) is 3. The monoisotopic (exact) mass is 180 g/mol. The van der Waals surface area contributed by atoms with Crippen molar-refractivity contribution in [3.05, 3.63) is 23.9 Å². The first-order chi connectivity index (χ1) is 6.36. The molecular weight excluding hydrogens is 164 g/mol. The van der Waals surface area contributed by atoms with Gasteiger partial charge in [-0.15, -0.1) is 0 Å². The maximum atomic E-state index is 5.40. The Bertz CT molecular complexity index is 250. The molecule has 0 unspecified atom stereocenters. The minimum absolute atomic E-state index is 0.685. The SMILES string of the molecule is COc1cccc(CCCCN)n1. The maximum Gasteiger partial charge on any atom is 0.213 e. The highest BCUT2D eigenvalue weighted by Crippen LogP contribution is 2.08. The zero-order valence-electron chi connectivity index (χ0n) is 7.99. The third-order valence-corrected chi connectivity index (χ3v) is 1.88. The Kier molecular flexibility index (Phi) is 4.26. The average molecular weight is 180 g/mol. The molecule has 1 aromatic heterocycles. The molecule has 0 bridgehead atoms. The van der Waals surface area contributed by atoms with Crippen molar-refractivity contribution in [1.82, 2.24) is 4.98 Å². The van der Waals surface area contributed by atoms with E-state index in [1.54, 1.807) is 7.11 Å². The molecule has 0 atom stereocenters. The predicted octanol–water partition coefficient (Wildman–Crippen LogP) is 1.37. The van der Waals surface area contributed by atoms with Crippen LogP contribution in [0.5, 0.6) is 5.88 Å². The van der Waals surface area contributed by atoms with Gasteiger partial charge in [0.05, 0.1) is 7.11 Å². The van der Waals surface area contributed by atoms with Crippen LogP contribution in [0, 0.1) is 0 Å². The number of aromatic nitrogens is 1. The number of aryl methyl sites for hydroxylation is 1. The fraction of sp³-hybridized carbons (Fsp3) is 0.500. The number of methoxy groups -OCH3 is 1. The van der Waals surface area contributed by atoms with Gasteiger partial charge in [0.2, 0.25) is 5.88 Å². The van der Waals surface area contributed by atoms with Gasteiger partial charge in [-0.25, -0.2) is 4.98 Å². The van der Waals surface area contributed by atoms with E-state index >= 15 is 0 Å². The van der Waals surface area contributed by atoms with Crippen LogP contribution in [0.25, 0.3) is 0 Å². The van der Waals surface area contributed by atoms with Crippen molar-refractivity contribution in [1.29, 1.82) is 0 Å². The van der Waals surface area contributed by atoms with Crippen LogP contribution in [0.1, 0.15) is 18.5 Å². The van der Waals surface area contributed by atoms with E-state index in [0.29, 0.717) is 5.88 Å². The fourth-order valence-electron chi connectivity index (χ4n) is 1.16. The average Bonchev–Trinajstić information content (AvgIpc) is 2.19. The number of pyridine rings is 1. The molecule has 1 heterocycles. The first-order valence-corrected chi connectivity index (χ1v) is 4.57. The van der Waals surface area contributed by atoms with Gasteiger partial charge in [0, 0.05) is 11.8 Å². The number of nitrogens with two attached hydrogens (primary N) is 1. The molecule has 0 radical (unpaired) electrons. The number of rotatable bonds is 5. The minimum Gasteiger partial charge on any atom is -0.481 e. The lowest BCUT2D eigenvalue weighted by molar-refractivity contribution is 0.396. The van der Waals surface area contributed by atoms with Crippen molar-refractivity contribution in [2.24, 2.45) is 5.73 Å². The molecule has 1 aromatic rings. The smallest absolute Gasteiger partial charge is 0.213 e. The summed E-state index contributed by atoms with van der Waals surface area (Å²) in [6, 6.07) is 5.83. The third kappa shape index (κ3) is 3.42. The molecule has 3 heteroatoms. The molecule has 0 aromatic carbocycles. The summed E-state index contributed by atoms with van der Waals surface area (Å²) in [6.07, 6.45) is 3.13. The molecule has 0 aliphatic heterocycles. The normalized spacial score (nSPS) is 10.0. The van der Waals surface area contributed by atoms with Gasteiger partial charge in [0.1, 0.15) is 0 Å². The van der Waals surface area contributed by atoms with Crippen LogP contribution in [0.2, 0.25) is 0 Å². The first-order valence-electron chi connectivity index (χ1n) is 4.57. The van der Waals surface area contributed by atoms with E-state index in [0.717, 1.165) is 31.5 Å². The molecule has 0 fully saturated rings. The second-order valence-corrected chi connectivity index (χ2v) is 2.92. The molecule has 0 saturated carbocycles. The van der Waals surface area contributed by atoms with Gasteiger partial charge in [0.25, 0.3) is 0 Å². The maximum absolute atomic E-state index is 5.40. The van der Waals surface area contributed by atoms with Crippen LogP contribution in [0.3, 0.4) is 0 Å². The van der Waals surface area contributed by atoms with Crippen molar-refractivity contribution in [2.75, 3.05) is 13.7 Å². The topological polar surface area (TPSA) is 48.1 Å². The fourth-order valence-corrected chi connectivity index (χ4v) is 1.16. The largest absolute Gasteiger partial charge is 0.481 e. The molecule has 0 spiro atoms. The van der Waals surface area contributed by atoms with Crippen molar-refractivity contribution >= 4 is 0 Å². The Balaban J connectivity index is 2.46. The van der Waals surface area contributed by atoms with Crippen LogP contribution in [0.15, 0.2) is 18.2 Å². The summed E-state index contributed by atoms with van der Waals surface area (Å²) >= 11 is 0. The van der Waals surface area contributed by atoms with Crippen molar-refractivity contribution in [3.8, 4) is 5.88 Å². The predicted molar refractivity (Wildman–Crippen MR) is 52.8 cm³/mol. The van der Waals surface area contributed by atoms with Gasteiger partial charge >= 0.3 is 0 Å². The summed E-state index contributed by atoms with van der Waals surface area (Å²) in [5.41, 5.74) is 6.48. The molecular formula is C10H16N2O. The minimum atomic E-state index is 0.685. The van der Waals surface area contributed by atoms with E-state index in [-0.39, 0.29) is 0 Å². The third-order valence-electron chi connectivity index (χ3n) is 1.88. The zero-order valence-corrected chi connectivity index (χ0v) is 7.99. The standard InChI is InChI=1S/C10H16N2O/c1-13-10-7-4-6-9(12-10)5-2-3-8-11/h4,6-7H,2-3,5,8,11H2,1H3. The van der Waals surface area contributed by atoms with Crippen LogP contribution < -0.4 is 10.5 Å². The Morgan fingerprint density at radius 3 is 2.92 bits per heavy atom. The molecule has 3 nitrogen and oxygen atoms in total. The van der Waals surface area contributed by atoms with Gasteiger partial charge in [0.15, 0.2) is 0 Å². The Hall–Kier alpha value is -1.09. The molecule has 0 aliphatic rings. The first kappa shape index (κ1) is 9.99. The number of ether oxygens (including phenoxy) is 1. The van der Waals surface area contributed by atoms with Gasteiger partial charge < -0.3 is 10.5 Å². The second kappa shape index (κ2) is 5.54. The van der Waals surface area contributed by atoms with Gasteiger partial charge in [-0.3, -0.25) is 0 Å². The van der Waals surface area contributed by atoms with Crippen molar-refractivity contribution in [3.63, 3.8) is 0 Å². The Morgan fingerprint density at radius 2 is 2.23 bits per heavy atom. The highest BCUT2D eigenvalue weighted by Gasteiger charge is 1.96. The summed E-state index contributed by atoms with van der Waals surface area (Å²) in [5, 5.41) is 0. The highest BCUT2D eigenvalue weighted by atomic mass is 16.5. The molecule has 72 valence electrons.